The molecule has 0 atom stereocenters. The van der Waals surface area contributed by atoms with Crippen LogP contribution in [-0.4, -0.2) is 37.2 Å². The molecule has 3 rings (SSSR count). The molecule has 2 aromatic rings. The average Bonchev–Trinajstić information content (AvgIpc) is 3.09. The van der Waals surface area contributed by atoms with E-state index in [1.165, 1.54) is 4.88 Å². The minimum absolute atomic E-state index is 0.204. The van der Waals surface area contributed by atoms with Crippen LogP contribution in [0.25, 0.3) is 0 Å². The molecule has 1 fully saturated rings. The van der Waals surface area contributed by atoms with E-state index in [1.807, 2.05) is 41.4 Å². The van der Waals surface area contributed by atoms with Crippen molar-refractivity contribution in [3.8, 4) is 0 Å². The molecule has 0 saturated carbocycles. The number of rotatable bonds is 5. The third-order valence-electron chi connectivity index (χ3n) is 3.79. The van der Waals surface area contributed by atoms with Crippen molar-refractivity contribution in [2.75, 3.05) is 41.4 Å². The topological polar surface area (TPSA) is 44.4 Å². The fourth-order valence-corrected chi connectivity index (χ4v) is 4.49. The van der Waals surface area contributed by atoms with Gasteiger partial charge in [-0.05, 0) is 36.1 Å². The number of carbonyl (C=O) groups is 1. The number of urea groups is 1. The quantitative estimate of drug-likeness (QED) is 0.810. The second-order valence-corrected chi connectivity index (χ2v) is 8.14. The van der Waals surface area contributed by atoms with Crippen molar-refractivity contribution >= 4 is 52.1 Å². The number of amides is 2. The highest BCUT2D eigenvalue weighted by atomic mass is 35.5. The van der Waals surface area contributed by atoms with Gasteiger partial charge in [0.25, 0.3) is 0 Å². The van der Waals surface area contributed by atoms with Gasteiger partial charge in [0.15, 0.2) is 0 Å². The van der Waals surface area contributed by atoms with Crippen LogP contribution in [0, 0.1) is 0 Å². The van der Waals surface area contributed by atoms with E-state index in [0.29, 0.717) is 17.3 Å². The molecule has 2 heterocycles. The summed E-state index contributed by atoms with van der Waals surface area (Å²) in [6, 6.07) is 9.59. The standard InChI is InChI=1S/C17H20ClN3OS2/c18-15-12-13(3-4-16(15)21-7-10-23-11-8-21)20-17(22)19-6-5-14-2-1-9-24-14/h1-4,9,12H,5-8,10-11H2,(H2,19,20,22). The van der Waals surface area contributed by atoms with Crippen LogP contribution < -0.4 is 15.5 Å². The van der Waals surface area contributed by atoms with Crippen LogP contribution in [0.2, 0.25) is 5.02 Å². The summed E-state index contributed by atoms with van der Waals surface area (Å²) >= 11 is 10.1. The van der Waals surface area contributed by atoms with Crippen LogP contribution in [-0.2, 0) is 6.42 Å². The summed E-state index contributed by atoms with van der Waals surface area (Å²) in [6.07, 6.45) is 0.845. The Bertz CT molecular complexity index is 672. The van der Waals surface area contributed by atoms with Gasteiger partial charge in [0.05, 0.1) is 10.7 Å². The monoisotopic (exact) mass is 381 g/mol. The summed E-state index contributed by atoms with van der Waals surface area (Å²) in [5.74, 6) is 2.26. The minimum atomic E-state index is -0.204. The molecule has 7 heteroatoms. The van der Waals surface area contributed by atoms with Gasteiger partial charge >= 0.3 is 6.03 Å². The number of thiophene rings is 1. The van der Waals surface area contributed by atoms with E-state index in [-0.39, 0.29) is 6.03 Å². The molecule has 2 N–H and O–H groups in total. The zero-order valence-electron chi connectivity index (χ0n) is 13.3. The number of nitrogens with one attached hydrogen (secondary N) is 2. The number of hydrogen-bond acceptors (Lipinski definition) is 4. The Hall–Kier alpha value is -1.37. The van der Waals surface area contributed by atoms with Gasteiger partial charge in [-0.25, -0.2) is 4.79 Å². The predicted molar refractivity (Wildman–Crippen MR) is 106 cm³/mol. The molecule has 1 saturated heterocycles. The SMILES string of the molecule is O=C(NCCc1cccs1)Nc1ccc(N2CCSCC2)c(Cl)c1. The van der Waals surface area contributed by atoms with Crippen molar-refractivity contribution in [1.82, 2.24) is 5.32 Å². The maximum absolute atomic E-state index is 12.0. The zero-order valence-corrected chi connectivity index (χ0v) is 15.6. The minimum Gasteiger partial charge on any atom is -0.369 e. The van der Waals surface area contributed by atoms with Gasteiger partial charge in [-0.15, -0.1) is 11.3 Å². The van der Waals surface area contributed by atoms with Crippen molar-refractivity contribution in [2.24, 2.45) is 0 Å². The average molecular weight is 382 g/mol. The van der Waals surface area contributed by atoms with Gasteiger partial charge in [-0.2, -0.15) is 11.8 Å². The summed E-state index contributed by atoms with van der Waals surface area (Å²) < 4.78 is 0. The lowest BCUT2D eigenvalue weighted by molar-refractivity contribution is 0.252. The molecule has 0 bridgehead atoms. The van der Waals surface area contributed by atoms with Gasteiger partial charge < -0.3 is 15.5 Å². The Balaban J connectivity index is 1.51. The van der Waals surface area contributed by atoms with E-state index in [1.54, 1.807) is 11.3 Å². The highest BCUT2D eigenvalue weighted by molar-refractivity contribution is 7.99. The van der Waals surface area contributed by atoms with Gasteiger partial charge in [-0.3, -0.25) is 0 Å². The Kier molecular flexibility index (Phi) is 6.29. The van der Waals surface area contributed by atoms with E-state index >= 15 is 0 Å². The van der Waals surface area contributed by atoms with Gasteiger partial charge in [0.1, 0.15) is 0 Å². The molecule has 128 valence electrons. The molecule has 1 aliphatic rings. The summed E-state index contributed by atoms with van der Waals surface area (Å²) in [5, 5.41) is 8.43. The molecule has 24 heavy (non-hydrogen) atoms. The molecule has 1 aromatic heterocycles. The van der Waals surface area contributed by atoms with Crippen LogP contribution in [0.5, 0.6) is 0 Å². The highest BCUT2D eigenvalue weighted by Crippen LogP contribution is 2.30. The number of carbonyl (C=O) groups excluding carboxylic acids is 1. The molecule has 0 radical (unpaired) electrons. The van der Waals surface area contributed by atoms with Crippen LogP contribution in [0.4, 0.5) is 16.2 Å². The molecule has 1 aliphatic heterocycles. The van der Waals surface area contributed by atoms with Crippen LogP contribution in [0.1, 0.15) is 4.88 Å². The van der Waals surface area contributed by atoms with Crippen LogP contribution in [0.3, 0.4) is 0 Å². The highest BCUT2D eigenvalue weighted by Gasteiger charge is 2.14. The normalized spacial score (nSPS) is 14.5. The third-order valence-corrected chi connectivity index (χ3v) is 5.98. The summed E-state index contributed by atoms with van der Waals surface area (Å²) in [7, 11) is 0. The fraction of sp³-hybridized carbons (Fsp3) is 0.353. The maximum atomic E-state index is 12.0. The van der Waals surface area contributed by atoms with E-state index in [2.05, 4.69) is 21.6 Å². The molecular weight excluding hydrogens is 362 g/mol. The molecule has 0 spiro atoms. The molecule has 4 nitrogen and oxygen atoms in total. The first-order valence-electron chi connectivity index (χ1n) is 7.92. The first-order valence-corrected chi connectivity index (χ1v) is 10.3. The summed E-state index contributed by atoms with van der Waals surface area (Å²) in [5.41, 5.74) is 1.75. The van der Waals surface area contributed by atoms with Crippen molar-refractivity contribution in [3.05, 3.63) is 45.6 Å². The first kappa shape index (κ1) is 17.5. The molecule has 0 unspecified atom stereocenters. The number of anilines is 2. The van der Waals surface area contributed by atoms with Crippen molar-refractivity contribution in [2.45, 2.75) is 6.42 Å². The zero-order chi connectivity index (χ0) is 16.8. The number of hydrogen-bond donors (Lipinski definition) is 2. The largest absolute Gasteiger partial charge is 0.369 e. The third kappa shape index (κ3) is 4.82. The van der Waals surface area contributed by atoms with Gasteiger partial charge in [0.2, 0.25) is 0 Å². The molecule has 1 aromatic carbocycles. The van der Waals surface area contributed by atoms with Crippen LogP contribution in [0.15, 0.2) is 35.7 Å². The fourth-order valence-electron chi connectivity index (χ4n) is 2.57. The summed E-state index contributed by atoms with van der Waals surface area (Å²) in [4.78, 5) is 15.5. The lowest BCUT2D eigenvalue weighted by Gasteiger charge is -2.29. The Labute approximate surface area is 155 Å². The molecular formula is C17H20ClN3OS2. The Morgan fingerprint density at radius 1 is 1.25 bits per heavy atom. The number of benzene rings is 1. The second kappa shape index (κ2) is 8.65. The number of halogens is 1. The first-order chi connectivity index (χ1) is 11.7. The molecule has 0 aliphatic carbocycles. The van der Waals surface area contributed by atoms with Gasteiger partial charge in [-0.1, -0.05) is 17.7 Å². The smallest absolute Gasteiger partial charge is 0.319 e. The summed E-state index contributed by atoms with van der Waals surface area (Å²) in [6.45, 7) is 2.64. The van der Waals surface area contributed by atoms with Gasteiger partial charge in [0, 0.05) is 41.7 Å². The van der Waals surface area contributed by atoms with Crippen molar-refractivity contribution in [3.63, 3.8) is 0 Å². The second-order valence-electron chi connectivity index (χ2n) is 5.48. The Morgan fingerprint density at radius 2 is 2.08 bits per heavy atom. The number of thioether (sulfide) groups is 1. The van der Waals surface area contributed by atoms with E-state index < -0.39 is 0 Å². The predicted octanol–water partition coefficient (Wildman–Crippen LogP) is 4.32. The van der Waals surface area contributed by atoms with Crippen LogP contribution >= 0.6 is 34.7 Å². The van der Waals surface area contributed by atoms with E-state index in [4.69, 9.17) is 11.6 Å². The van der Waals surface area contributed by atoms with Crippen molar-refractivity contribution in [1.29, 1.82) is 0 Å². The lowest BCUT2D eigenvalue weighted by Crippen LogP contribution is -2.32. The van der Waals surface area contributed by atoms with E-state index in [9.17, 15) is 4.79 Å². The Morgan fingerprint density at radius 3 is 2.79 bits per heavy atom. The molecule has 2 amide bonds. The maximum Gasteiger partial charge on any atom is 0.319 e. The lowest BCUT2D eigenvalue weighted by atomic mass is 10.2. The van der Waals surface area contributed by atoms with Crippen molar-refractivity contribution < 1.29 is 4.79 Å². The van der Waals surface area contributed by atoms with E-state index in [0.717, 1.165) is 36.7 Å². The number of nitrogens with zero attached hydrogens (tertiary/aromatic N) is 1.